The molecule has 0 aliphatic heterocycles. The second-order valence-corrected chi connectivity index (χ2v) is 14.7. The third-order valence-electron chi connectivity index (χ3n) is 10.8. The van der Waals surface area contributed by atoms with E-state index in [9.17, 15) is 0 Å². The monoisotopic (exact) mass is 756 g/mol. The van der Waals surface area contributed by atoms with Crippen LogP contribution in [0.15, 0.2) is 97.1 Å². The number of hydrogen-bond donors (Lipinski definition) is 2. The van der Waals surface area contributed by atoms with Crippen LogP contribution in [0.4, 0.5) is 11.4 Å². The molecule has 56 heavy (non-hydrogen) atoms. The summed E-state index contributed by atoms with van der Waals surface area (Å²) >= 11 is 0. The number of aromatic nitrogens is 2. The lowest BCUT2D eigenvalue weighted by Crippen LogP contribution is -2.38. The van der Waals surface area contributed by atoms with Gasteiger partial charge in [0.05, 0.1) is 50.6 Å². The highest BCUT2D eigenvalue weighted by molar-refractivity contribution is 5.90. The minimum Gasteiger partial charge on any atom is -0.497 e. The topological polar surface area (TPSA) is 68.7 Å². The lowest BCUT2D eigenvalue weighted by molar-refractivity contribution is -0.668. The molecule has 294 valence electrons. The van der Waals surface area contributed by atoms with Crippen molar-refractivity contribution >= 4 is 33.2 Å². The maximum Gasteiger partial charge on any atom is 0.215 e. The molecule has 0 atom stereocenters. The van der Waals surface area contributed by atoms with Gasteiger partial charge in [-0.2, -0.15) is 9.13 Å². The molecule has 2 heterocycles. The Labute approximate surface area is 333 Å². The Balaban J connectivity index is 0.914. The van der Waals surface area contributed by atoms with Crippen LogP contribution in [-0.2, 0) is 13.1 Å². The van der Waals surface area contributed by atoms with E-state index in [1.165, 1.54) is 95.9 Å². The van der Waals surface area contributed by atoms with Gasteiger partial charge < -0.3 is 29.6 Å². The predicted molar refractivity (Wildman–Crippen MR) is 229 cm³/mol. The van der Waals surface area contributed by atoms with Gasteiger partial charge in [-0.15, -0.1) is 0 Å². The Morgan fingerprint density at radius 3 is 1.12 bits per heavy atom. The number of unbranched alkanes of at least 4 members (excludes halogenated alkanes) is 7. The van der Waals surface area contributed by atoms with E-state index >= 15 is 0 Å². The van der Waals surface area contributed by atoms with Crippen molar-refractivity contribution in [1.82, 2.24) is 0 Å². The summed E-state index contributed by atoms with van der Waals surface area (Å²) in [6.07, 6.45) is 10.0. The van der Waals surface area contributed by atoms with E-state index in [1.54, 1.807) is 28.4 Å². The number of benzene rings is 4. The van der Waals surface area contributed by atoms with Gasteiger partial charge >= 0.3 is 0 Å². The summed E-state index contributed by atoms with van der Waals surface area (Å²) in [4.78, 5) is 0. The Bertz CT molecular complexity index is 2020. The molecule has 0 spiro atoms. The lowest BCUT2D eigenvalue weighted by Gasteiger charge is -2.13. The first kappa shape index (κ1) is 40.2. The maximum absolute atomic E-state index is 5.52. The van der Waals surface area contributed by atoms with Gasteiger partial charge in [-0.25, -0.2) is 0 Å². The quantitative estimate of drug-likeness (QED) is 0.0563. The molecule has 2 aromatic heterocycles. The van der Waals surface area contributed by atoms with Crippen LogP contribution < -0.4 is 38.7 Å². The van der Waals surface area contributed by atoms with E-state index in [0.717, 1.165) is 60.3 Å². The number of fused-ring (bicyclic) bond motifs is 2. The SMILES string of the molecule is COc1cc(C[n+]2c(C)cc(NCCCCCCCCCCNc3cc(C)[n+](Cc4cc(OC)cc(OC)c4)c4ccccc34)c3ccccc32)cc(OC)c1. The number of aryl methyl sites for hydroxylation is 2. The fourth-order valence-corrected chi connectivity index (χ4v) is 7.73. The molecule has 2 N–H and O–H groups in total. The van der Waals surface area contributed by atoms with E-state index < -0.39 is 0 Å². The van der Waals surface area contributed by atoms with Crippen LogP contribution in [0.25, 0.3) is 21.8 Å². The molecule has 0 aliphatic rings. The van der Waals surface area contributed by atoms with E-state index in [1.807, 2.05) is 12.1 Å². The third-order valence-corrected chi connectivity index (χ3v) is 10.8. The largest absolute Gasteiger partial charge is 0.497 e. The molecule has 8 heteroatoms. The summed E-state index contributed by atoms with van der Waals surface area (Å²) in [5.74, 6) is 3.22. The van der Waals surface area contributed by atoms with Gasteiger partial charge in [0.2, 0.25) is 11.0 Å². The van der Waals surface area contributed by atoms with E-state index in [2.05, 4.69) is 119 Å². The number of para-hydroxylation sites is 2. The van der Waals surface area contributed by atoms with Gasteiger partial charge in [0, 0.05) is 74.5 Å². The van der Waals surface area contributed by atoms with Crippen LogP contribution in [0.1, 0.15) is 73.9 Å². The molecular weight excluding hydrogens is 697 g/mol. The summed E-state index contributed by atoms with van der Waals surface area (Å²) in [5.41, 5.74) is 9.56. The molecule has 4 aromatic carbocycles. The average molecular weight is 757 g/mol. The number of nitrogens with one attached hydrogen (secondary N) is 2. The Morgan fingerprint density at radius 1 is 0.429 bits per heavy atom. The number of methoxy groups -OCH3 is 4. The molecular formula is C48H60N4O4+2. The zero-order valence-corrected chi connectivity index (χ0v) is 34.3. The predicted octanol–water partition coefficient (Wildman–Crippen LogP) is 9.96. The van der Waals surface area contributed by atoms with Gasteiger partial charge in [-0.1, -0.05) is 62.8 Å². The summed E-state index contributed by atoms with van der Waals surface area (Å²) in [6.45, 7) is 7.82. The normalized spacial score (nSPS) is 11.2. The number of anilines is 2. The van der Waals surface area contributed by atoms with Crippen molar-refractivity contribution in [2.75, 3.05) is 52.2 Å². The summed E-state index contributed by atoms with van der Waals surface area (Å²) < 4.78 is 26.8. The van der Waals surface area contributed by atoms with Gasteiger partial charge in [0.25, 0.3) is 0 Å². The molecule has 6 rings (SSSR count). The average Bonchev–Trinajstić information content (AvgIpc) is 3.23. The molecule has 0 saturated carbocycles. The van der Waals surface area contributed by atoms with Crippen LogP contribution >= 0.6 is 0 Å². The number of rotatable bonds is 21. The van der Waals surface area contributed by atoms with Crippen molar-refractivity contribution in [2.45, 2.75) is 78.3 Å². The third kappa shape index (κ3) is 10.2. The molecule has 0 fully saturated rings. The van der Waals surface area contributed by atoms with E-state index in [0.29, 0.717) is 0 Å². The van der Waals surface area contributed by atoms with Gasteiger partial charge in [0.15, 0.2) is 24.5 Å². The van der Waals surface area contributed by atoms with Gasteiger partial charge in [-0.3, -0.25) is 0 Å². The fraction of sp³-hybridized carbons (Fsp3) is 0.375. The number of pyridine rings is 2. The lowest BCUT2D eigenvalue weighted by atomic mass is 10.1. The fourth-order valence-electron chi connectivity index (χ4n) is 7.73. The molecule has 0 radical (unpaired) electrons. The number of hydrogen-bond acceptors (Lipinski definition) is 6. The summed E-state index contributed by atoms with van der Waals surface area (Å²) in [6, 6.07) is 34.1. The van der Waals surface area contributed by atoms with Crippen molar-refractivity contribution in [1.29, 1.82) is 0 Å². The Morgan fingerprint density at radius 2 is 0.768 bits per heavy atom. The number of ether oxygens (including phenoxy) is 4. The molecule has 6 aromatic rings. The summed E-state index contributed by atoms with van der Waals surface area (Å²) in [5, 5.41) is 10.0. The van der Waals surface area contributed by atoms with Crippen molar-refractivity contribution in [3.63, 3.8) is 0 Å². The van der Waals surface area contributed by atoms with Crippen molar-refractivity contribution in [3.8, 4) is 23.0 Å². The first-order valence-electron chi connectivity index (χ1n) is 20.2. The standard InChI is InChI=1S/C48H58N4O4/c1-35-25-45(43-19-13-15-21-47(43)51(35)33-37-27-39(53-3)31-40(28-37)54-4)49-23-17-11-9-7-8-10-12-18-24-50-46-26-36(2)52(48-22-16-14-20-44(46)48)34-38-29-41(55-5)32-42(30-38)56-6/h13-16,19-22,25-32H,7-12,17-18,23-24,33-34H2,1-6H3/p+2. The van der Waals surface area contributed by atoms with Crippen LogP contribution in [0, 0.1) is 13.8 Å². The first-order chi connectivity index (χ1) is 27.4. The summed E-state index contributed by atoms with van der Waals surface area (Å²) in [7, 11) is 6.78. The van der Waals surface area contributed by atoms with Crippen LogP contribution in [0.5, 0.6) is 23.0 Å². The maximum atomic E-state index is 5.52. The zero-order valence-electron chi connectivity index (χ0n) is 34.3. The Hall–Kier alpha value is -5.50. The van der Waals surface area contributed by atoms with Crippen LogP contribution in [0.3, 0.4) is 0 Å². The molecule has 0 saturated heterocycles. The van der Waals surface area contributed by atoms with Crippen LogP contribution in [0.2, 0.25) is 0 Å². The van der Waals surface area contributed by atoms with Gasteiger partial charge in [0.1, 0.15) is 23.0 Å². The first-order valence-corrected chi connectivity index (χ1v) is 20.2. The zero-order chi connectivity index (χ0) is 39.3. The highest BCUT2D eigenvalue weighted by Crippen LogP contribution is 2.27. The number of nitrogens with zero attached hydrogens (tertiary/aromatic N) is 2. The molecule has 0 unspecified atom stereocenters. The molecule has 8 nitrogen and oxygen atoms in total. The second kappa shape index (κ2) is 19.9. The molecule has 0 aliphatic carbocycles. The minimum absolute atomic E-state index is 0.740. The highest BCUT2D eigenvalue weighted by atomic mass is 16.5. The second-order valence-electron chi connectivity index (χ2n) is 14.7. The minimum atomic E-state index is 0.740. The van der Waals surface area contributed by atoms with E-state index in [4.69, 9.17) is 18.9 Å². The van der Waals surface area contributed by atoms with Crippen molar-refractivity contribution in [2.24, 2.45) is 0 Å². The molecule has 0 amide bonds. The molecule has 0 bridgehead atoms. The Kier molecular flexibility index (Phi) is 14.3. The van der Waals surface area contributed by atoms with Gasteiger partial charge in [-0.05, 0) is 49.2 Å². The van der Waals surface area contributed by atoms with Crippen LogP contribution in [-0.4, -0.2) is 41.5 Å². The smallest absolute Gasteiger partial charge is 0.215 e. The van der Waals surface area contributed by atoms with E-state index in [-0.39, 0.29) is 0 Å². The van der Waals surface area contributed by atoms with Crippen molar-refractivity contribution < 1.29 is 28.1 Å². The van der Waals surface area contributed by atoms with Crippen molar-refractivity contribution in [3.05, 3.63) is 120 Å². The highest BCUT2D eigenvalue weighted by Gasteiger charge is 2.20.